The van der Waals surface area contributed by atoms with Crippen molar-refractivity contribution < 1.29 is 0 Å². The lowest BCUT2D eigenvalue weighted by atomic mass is 10.0. The van der Waals surface area contributed by atoms with Crippen molar-refractivity contribution in [2.24, 2.45) is 0 Å². The Kier molecular flexibility index (Phi) is 4.83. The van der Waals surface area contributed by atoms with E-state index in [-0.39, 0.29) is 0 Å². The molecule has 1 saturated heterocycles. The van der Waals surface area contributed by atoms with Gasteiger partial charge in [-0.05, 0) is 45.4 Å². The molecule has 1 fully saturated rings. The zero-order valence-corrected chi connectivity index (χ0v) is 12.7. The van der Waals surface area contributed by atoms with Gasteiger partial charge in [0.1, 0.15) is 0 Å². The van der Waals surface area contributed by atoms with E-state index in [2.05, 4.69) is 55.5 Å². The number of piperazine rings is 1. The first-order valence-corrected chi connectivity index (χ1v) is 7.30. The van der Waals surface area contributed by atoms with Gasteiger partial charge in [-0.3, -0.25) is 0 Å². The fourth-order valence-corrected chi connectivity index (χ4v) is 3.02. The monoisotopic (exact) mass is 261 g/mol. The van der Waals surface area contributed by atoms with E-state index in [1.165, 1.54) is 35.3 Å². The molecule has 1 aromatic carbocycles. The molecule has 3 heteroatoms. The van der Waals surface area contributed by atoms with Gasteiger partial charge in [0.25, 0.3) is 0 Å². The first-order valence-electron chi connectivity index (χ1n) is 7.30. The number of nitrogens with zero attached hydrogens (tertiary/aromatic N) is 1. The number of anilines is 1. The van der Waals surface area contributed by atoms with Gasteiger partial charge in [-0.1, -0.05) is 17.7 Å². The fourth-order valence-electron chi connectivity index (χ4n) is 3.02. The van der Waals surface area contributed by atoms with Crippen LogP contribution < -0.4 is 10.6 Å². The van der Waals surface area contributed by atoms with Crippen molar-refractivity contribution in [2.75, 3.05) is 38.5 Å². The number of hydrogen-bond donors (Lipinski definition) is 2. The van der Waals surface area contributed by atoms with E-state index in [0.717, 1.165) is 19.6 Å². The minimum absolute atomic E-state index is 0.623. The fraction of sp³-hybridized carbons (Fsp3) is 0.625. The molecule has 0 spiro atoms. The van der Waals surface area contributed by atoms with Crippen LogP contribution in [0.4, 0.5) is 5.69 Å². The van der Waals surface area contributed by atoms with E-state index in [1.54, 1.807) is 0 Å². The van der Waals surface area contributed by atoms with Crippen LogP contribution in [0.5, 0.6) is 0 Å². The van der Waals surface area contributed by atoms with Gasteiger partial charge >= 0.3 is 0 Å². The Morgan fingerprint density at radius 1 is 1.26 bits per heavy atom. The summed E-state index contributed by atoms with van der Waals surface area (Å²) in [6, 6.07) is 5.13. The van der Waals surface area contributed by atoms with Crippen molar-refractivity contribution in [1.29, 1.82) is 0 Å². The molecule has 1 atom stereocenters. The van der Waals surface area contributed by atoms with E-state index >= 15 is 0 Å². The van der Waals surface area contributed by atoms with Crippen LogP contribution in [0, 0.1) is 20.8 Å². The number of likely N-dealkylation sites (N-methyl/N-ethyl adjacent to an activating group) is 1. The van der Waals surface area contributed by atoms with Crippen molar-refractivity contribution in [1.82, 2.24) is 10.2 Å². The number of aryl methyl sites for hydroxylation is 3. The van der Waals surface area contributed by atoms with Crippen molar-refractivity contribution in [2.45, 2.75) is 33.2 Å². The van der Waals surface area contributed by atoms with Crippen LogP contribution in [-0.2, 0) is 0 Å². The normalized spacial score (nSPS) is 20.5. The average Bonchev–Trinajstić information content (AvgIpc) is 2.32. The smallest absolute Gasteiger partial charge is 0.0399 e. The molecule has 2 rings (SSSR count). The minimum atomic E-state index is 0.623. The third kappa shape index (κ3) is 3.95. The van der Waals surface area contributed by atoms with Gasteiger partial charge in [-0.2, -0.15) is 0 Å². The van der Waals surface area contributed by atoms with Crippen molar-refractivity contribution in [3.05, 3.63) is 28.8 Å². The second kappa shape index (κ2) is 6.40. The lowest BCUT2D eigenvalue weighted by Gasteiger charge is -2.31. The molecule has 0 amide bonds. The SMILES string of the molecule is Cc1cc(C)c(NCCC2CN(C)CCN2)c(C)c1. The Balaban J connectivity index is 1.85. The van der Waals surface area contributed by atoms with Gasteiger partial charge in [-0.25, -0.2) is 0 Å². The van der Waals surface area contributed by atoms with E-state index in [4.69, 9.17) is 0 Å². The molecule has 2 N–H and O–H groups in total. The summed E-state index contributed by atoms with van der Waals surface area (Å²) in [5.41, 5.74) is 5.36. The molecule has 1 aliphatic heterocycles. The molecule has 0 bridgehead atoms. The zero-order valence-electron chi connectivity index (χ0n) is 12.7. The molecule has 0 saturated carbocycles. The van der Waals surface area contributed by atoms with Gasteiger partial charge in [0.05, 0.1) is 0 Å². The summed E-state index contributed by atoms with van der Waals surface area (Å²) >= 11 is 0. The van der Waals surface area contributed by atoms with Crippen LogP contribution >= 0.6 is 0 Å². The first-order chi connectivity index (χ1) is 9.06. The lowest BCUT2D eigenvalue weighted by molar-refractivity contribution is 0.234. The standard InChI is InChI=1S/C16H27N3/c1-12-9-13(2)16(14(3)10-12)18-6-5-15-11-19(4)8-7-17-15/h9-10,15,17-18H,5-8,11H2,1-4H3. The molecule has 0 aromatic heterocycles. The number of nitrogens with one attached hydrogen (secondary N) is 2. The highest BCUT2D eigenvalue weighted by molar-refractivity contribution is 5.58. The summed E-state index contributed by atoms with van der Waals surface area (Å²) in [4.78, 5) is 2.41. The second-order valence-electron chi connectivity index (χ2n) is 5.90. The minimum Gasteiger partial charge on any atom is -0.385 e. The summed E-state index contributed by atoms with van der Waals surface area (Å²) in [6.45, 7) is 11.0. The van der Waals surface area contributed by atoms with E-state index in [0.29, 0.717) is 6.04 Å². The molecular formula is C16H27N3. The molecule has 1 aromatic rings. The van der Waals surface area contributed by atoms with Crippen LogP contribution in [0.3, 0.4) is 0 Å². The third-order valence-electron chi connectivity index (χ3n) is 3.93. The summed E-state index contributed by atoms with van der Waals surface area (Å²) in [7, 11) is 2.20. The van der Waals surface area contributed by atoms with Crippen LogP contribution in [-0.4, -0.2) is 44.2 Å². The van der Waals surface area contributed by atoms with Crippen molar-refractivity contribution in [3.63, 3.8) is 0 Å². The molecule has 3 nitrogen and oxygen atoms in total. The van der Waals surface area contributed by atoms with E-state index in [9.17, 15) is 0 Å². The summed E-state index contributed by atoms with van der Waals surface area (Å²) in [6.07, 6.45) is 1.18. The Morgan fingerprint density at radius 3 is 2.58 bits per heavy atom. The maximum Gasteiger partial charge on any atom is 0.0399 e. The van der Waals surface area contributed by atoms with Crippen molar-refractivity contribution >= 4 is 5.69 Å². The maximum atomic E-state index is 3.61. The van der Waals surface area contributed by atoms with E-state index in [1.807, 2.05) is 0 Å². The first kappa shape index (κ1) is 14.4. The Bertz CT molecular complexity index is 405. The topological polar surface area (TPSA) is 27.3 Å². The van der Waals surface area contributed by atoms with Gasteiger partial charge in [-0.15, -0.1) is 0 Å². The average molecular weight is 261 g/mol. The van der Waals surface area contributed by atoms with Crippen LogP contribution in [0.15, 0.2) is 12.1 Å². The number of hydrogen-bond acceptors (Lipinski definition) is 3. The second-order valence-corrected chi connectivity index (χ2v) is 5.90. The van der Waals surface area contributed by atoms with Gasteiger partial charge in [0, 0.05) is 37.9 Å². The van der Waals surface area contributed by atoms with Gasteiger partial charge < -0.3 is 15.5 Å². The zero-order chi connectivity index (χ0) is 13.8. The predicted octanol–water partition coefficient (Wildman–Crippen LogP) is 2.32. The third-order valence-corrected chi connectivity index (χ3v) is 3.93. The number of benzene rings is 1. The molecule has 1 heterocycles. The Morgan fingerprint density at radius 2 is 1.95 bits per heavy atom. The molecule has 0 aliphatic carbocycles. The van der Waals surface area contributed by atoms with Gasteiger partial charge in [0.15, 0.2) is 0 Å². The molecular weight excluding hydrogens is 234 g/mol. The Hall–Kier alpha value is -1.06. The summed E-state index contributed by atoms with van der Waals surface area (Å²) in [5, 5.41) is 7.20. The Labute approximate surface area is 117 Å². The quantitative estimate of drug-likeness (QED) is 0.871. The highest BCUT2D eigenvalue weighted by Gasteiger charge is 2.15. The van der Waals surface area contributed by atoms with Crippen LogP contribution in [0.25, 0.3) is 0 Å². The largest absolute Gasteiger partial charge is 0.385 e. The predicted molar refractivity (Wildman–Crippen MR) is 83.0 cm³/mol. The summed E-state index contributed by atoms with van der Waals surface area (Å²) < 4.78 is 0. The molecule has 19 heavy (non-hydrogen) atoms. The van der Waals surface area contributed by atoms with Gasteiger partial charge in [0.2, 0.25) is 0 Å². The molecule has 106 valence electrons. The highest BCUT2D eigenvalue weighted by atomic mass is 15.2. The summed E-state index contributed by atoms with van der Waals surface area (Å²) in [5.74, 6) is 0. The van der Waals surface area contributed by atoms with Crippen LogP contribution in [0.1, 0.15) is 23.1 Å². The molecule has 1 aliphatic rings. The highest BCUT2D eigenvalue weighted by Crippen LogP contribution is 2.21. The van der Waals surface area contributed by atoms with Crippen LogP contribution in [0.2, 0.25) is 0 Å². The lowest BCUT2D eigenvalue weighted by Crippen LogP contribution is -2.49. The molecule has 1 unspecified atom stereocenters. The van der Waals surface area contributed by atoms with E-state index < -0.39 is 0 Å². The molecule has 0 radical (unpaired) electrons. The van der Waals surface area contributed by atoms with Crippen molar-refractivity contribution in [3.8, 4) is 0 Å². The maximum absolute atomic E-state index is 3.61. The number of rotatable bonds is 4.